The van der Waals surface area contributed by atoms with Gasteiger partial charge in [-0.1, -0.05) is 31.0 Å². The van der Waals surface area contributed by atoms with Crippen molar-refractivity contribution in [3.05, 3.63) is 48.2 Å². The molecule has 0 spiro atoms. The summed E-state index contributed by atoms with van der Waals surface area (Å²) in [4.78, 5) is 4.22. The van der Waals surface area contributed by atoms with E-state index in [0.717, 1.165) is 12.1 Å². The van der Waals surface area contributed by atoms with Crippen molar-refractivity contribution in [2.75, 3.05) is 15.8 Å². The fourth-order valence-corrected chi connectivity index (χ4v) is 3.13. The molecular weight excluding hydrogens is 298 g/mol. The standard InChI is InChI=1S/C16H21N3O2S/c1-3-4-11-22(20,21)19-15-9-10-16(17-12-15)18-14-7-5-13(2)6-8-14/h5-10,12,19H,3-4,11H2,1-2H3,(H,17,18). The number of pyridine rings is 1. The highest BCUT2D eigenvalue weighted by Crippen LogP contribution is 2.17. The maximum absolute atomic E-state index is 11.8. The monoisotopic (exact) mass is 319 g/mol. The average Bonchev–Trinajstić information content (AvgIpc) is 2.49. The largest absolute Gasteiger partial charge is 0.340 e. The molecule has 0 amide bonds. The lowest BCUT2D eigenvalue weighted by molar-refractivity contribution is 0.598. The molecule has 22 heavy (non-hydrogen) atoms. The van der Waals surface area contributed by atoms with Crippen LogP contribution in [0.15, 0.2) is 42.6 Å². The molecule has 0 saturated heterocycles. The van der Waals surface area contributed by atoms with E-state index < -0.39 is 10.0 Å². The van der Waals surface area contributed by atoms with Crippen LogP contribution in [-0.4, -0.2) is 19.2 Å². The third-order valence-corrected chi connectivity index (χ3v) is 4.50. The van der Waals surface area contributed by atoms with E-state index in [2.05, 4.69) is 15.0 Å². The van der Waals surface area contributed by atoms with Gasteiger partial charge < -0.3 is 5.32 Å². The summed E-state index contributed by atoms with van der Waals surface area (Å²) >= 11 is 0. The Morgan fingerprint density at radius 2 is 1.73 bits per heavy atom. The normalized spacial score (nSPS) is 11.2. The maximum atomic E-state index is 11.8. The summed E-state index contributed by atoms with van der Waals surface area (Å²) in [6, 6.07) is 11.4. The first-order chi connectivity index (χ1) is 10.5. The van der Waals surface area contributed by atoms with E-state index in [1.807, 2.05) is 38.1 Å². The number of nitrogens with zero attached hydrogens (tertiary/aromatic N) is 1. The molecule has 118 valence electrons. The van der Waals surface area contributed by atoms with Crippen LogP contribution in [0.5, 0.6) is 0 Å². The molecule has 0 aliphatic heterocycles. The first kappa shape index (κ1) is 16.3. The molecule has 0 bridgehead atoms. The van der Waals surface area contributed by atoms with Crippen molar-refractivity contribution in [1.82, 2.24) is 4.98 Å². The minimum atomic E-state index is -3.28. The van der Waals surface area contributed by atoms with Crippen molar-refractivity contribution < 1.29 is 8.42 Å². The Morgan fingerprint density at radius 3 is 2.32 bits per heavy atom. The van der Waals surface area contributed by atoms with E-state index in [0.29, 0.717) is 17.9 Å². The number of aromatic nitrogens is 1. The second-order valence-electron chi connectivity index (χ2n) is 5.20. The summed E-state index contributed by atoms with van der Waals surface area (Å²) < 4.78 is 26.2. The van der Waals surface area contributed by atoms with E-state index in [1.165, 1.54) is 11.8 Å². The molecule has 0 saturated carbocycles. The van der Waals surface area contributed by atoms with Crippen molar-refractivity contribution in [2.24, 2.45) is 0 Å². The van der Waals surface area contributed by atoms with Crippen LogP contribution in [0.25, 0.3) is 0 Å². The van der Waals surface area contributed by atoms with E-state index >= 15 is 0 Å². The second-order valence-corrected chi connectivity index (χ2v) is 7.04. The Labute approximate surface area is 131 Å². The number of anilines is 3. The molecule has 0 atom stereocenters. The van der Waals surface area contributed by atoms with Crippen molar-refractivity contribution in [2.45, 2.75) is 26.7 Å². The van der Waals surface area contributed by atoms with Gasteiger partial charge in [-0.15, -0.1) is 0 Å². The summed E-state index contributed by atoms with van der Waals surface area (Å²) in [6.07, 6.45) is 3.01. The van der Waals surface area contributed by atoms with Gasteiger partial charge in [-0.05, 0) is 37.6 Å². The summed E-state index contributed by atoms with van der Waals surface area (Å²) in [5.74, 6) is 0.799. The molecule has 1 aromatic carbocycles. The molecule has 2 N–H and O–H groups in total. The van der Waals surface area contributed by atoms with Gasteiger partial charge in [0.05, 0.1) is 17.6 Å². The summed E-state index contributed by atoms with van der Waals surface area (Å²) in [5.41, 5.74) is 2.61. The predicted molar refractivity (Wildman–Crippen MR) is 91.0 cm³/mol. The zero-order valence-corrected chi connectivity index (χ0v) is 13.7. The molecule has 6 heteroatoms. The quantitative estimate of drug-likeness (QED) is 0.817. The predicted octanol–water partition coefficient (Wildman–Crippen LogP) is 3.68. The van der Waals surface area contributed by atoms with Gasteiger partial charge in [0.25, 0.3) is 0 Å². The molecule has 1 heterocycles. The smallest absolute Gasteiger partial charge is 0.232 e. The van der Waals surface area contributed by atoms with Crippen LogP contribution in [0, 0.1) is 6.92 Å². The number of sulfonamides is 1. The number of benzene rings is 1. The number of nitrogens with one attached hydrogen (secondary N) is 2. The Balaban J connectivity index is 1.99. The summed E-state index contributed by atoms with van der Waals surface area (Å²) in [6.45, 7) is 3.99. The van der Waals surface area contributed by atoms with E-state index in [-0.39, 0.29) is 5.75 Å². The topological polar surface area (TPSA) is 71.1 Å². The van der Waals surface area contributed by atoms with Gasteiger partial charge in [0.1, 0.15) is 5.82 Å². The summed E-state index contributed by atoms with van der Waals surface area (Å²) in [5, 5.41) is 3.17. The van der Waals surface area contributed by atoms with Crippen LogP contribution in [-0.2, 0) is 10.0 Å². The third kappa shape index (κ3) is 5.04. The van der Waals surface area contributed by atoms with Crippen molar-refractivity contribution >= 4 is 27.2 Å². The Hall–Kier alpha value is -2.08. The molecule has 0 fully saturated rings. The number of hydrogen-bond donors (Lipinski definition) is 2. The van der Waals surface area contributed by atoms with Gasteiger partial charge >= 0.3 is 0 Å². The lowest BCUT2D eigenvalue weighted by atomic mass is 10.2. The molecule has 1 aromatic heterocycles. The first-order valence-corrected chi connectivity index (χ1v) is 8.94. The van der Waals surface area contributed by atoms with Gasteiger partial charge in [-0.3, -0.25) is 4.72 Å². The fraction of sp³-hybridized carbons (Fsp3) is 0.312. The molecule has 0 aliphatic carbocycles. The highest BCUT2D eigenvalue weighted by atomic mass is 32.2. The zero-order chi connectivity index (χ0) is 16.0. The molecular formula is C16H21N3O2S. The average molecular weight is 319 g/mol. The lowest BCUT2D eigenvalue weighted by Gasteiger charge is -2.09. The lowest BCUT2D eigenvalue weighted by Crippen LogP contribution is -2.16. The van der Waals surface area contributed by atoms with Gasteiger partial charge in [0, 0.05) is 5.69 Å². The van der Waals surface area contributed by atoms with Gasteiger partial charge in [-0.2, -0.15) is 0 Å². The van der Waals surface area contributed by atoms with Crippen LogP contribution in [0.4, 0.5) is 17.2 Å². The fourth-order valence-electron chi connectivity index (χ4n) is 1.88. The molecule has 2 rings (SSSR count). The van der Waals surface area contributed by atoms with Crippen LogP contribution in [0.1, 0.15) is 25.3 Å². The van der Waals surface area contributed by atoms with Crippen molar-refractivity contribution in [3.8, 4) is 0 Å². The number of unbranched alkanes of at least 4 members (excludes halogenated alkanes) is 1. The Morgan fingerprint density at radius 1 is 1.05 bits per heavy atom. The van der Waals surface area contributed by atoms with Gasteiger partial charge in [0.15, 0.2) is 0 Å². The van der Waals surface area contributed by atoms with Crippen molar-refractivity contribution in [3.63, 3.8) is 0 Å². The molecule has 0 aliphatic rings. The third-order valence-electron chi connectivity index (χ3n) is 3.13. The van der Waals surface area contributed by atoms with E-state index in [1.54, 1.807) is 12.1 Å². The molecule has 2 aromatic rings. The highest BCUT2D eigenvalue weighted by Gasteiger charge is 2.09. The first-order valence-electron chi connectivity index (χ1n) is 7.29. The Kier molecular flexibility index (Phi) is 5.38. The van der Waals surface area contributed by atoms with Crippen molar-refractivity contribution in [1.29, 1.82) is 0 Å². The van der Waals surface area contributed by atoms with E-state index in [9.17, 15) is 8.42 Å². The zero-order valence-electron chi connectivity index (χ0n) is 12.8. The van der Waals surface area contributed by atoms with Crippen LogP contribution < -0.4 is 10.0 Å². The van der Waals surface area contributed by atoms with E-state index in [4.69, 9.17) is 0 Å². The van der Waals surface area contributed by atoms with Gasteiger partial charge in [-0.25, -0.2) is 13.4 Å². The SMILES string of the molecule is CCCCS(=O)(=O)Nc1ccc(Nc2ccc(C)cc2)nc1. The number of rotatable bonds is 7. The number of hydrogen-bond acceptors (Lipinski definition) is 4. The summed E-state index contributed by atoms with van der Waals surface area (Å²) in [7, 11) is -3.28. The maximum Gasteiger partial charge on any atom is 0.232 e. The van der Waals surface area contributed by atoms with Crippen LogP contribution in [0.3, 0.4) is 0 Å². The van der Waals surface area contributed by atoms with Gasteiger partial charge in [0.2, 0.25) is 10.0 Å². The van der Waals surface area contributed by atoms with Crippen LogP contribution >= 0.6 is 0 Å². The second kappa shape index (κ2) is 7.26. The molecule has 0 radical (unpaired) electrons. The minimum Gasteiger partial charge on any atom is -0.340 e. The Bertz CT molecular complexity index is 695. The van der Waals surface area contributed by atoms with Crippen LogP contribution in [0.2, 0.25) is 0 Å². The minimum absolute atomic E-state index is 0.132. The molecule has 0 unspecified atom stereocenters. The highest BCUT2D eigenvalue weighted by molar-refractivity contribution is 7.92. The number of aryl methyl sites for hydroxylation is 1. The molecule has 5 nitrogen and oxygen atoms in total.